The number of aliphatic hydroxyl groups is 1. The van der Waals surface area contributed by atoms with E-state index < -0.39 is 0 Å². The van der Waals surface area contributed by atoms with Crippen LogP contribution in [0.2, 0.25) is 0 Å². The van der Waals surface area contributed by atoms with E-state index in [2.05, 4.69) is 22.3 Å². The van der Waals surface area contributed by atoms with Gasteiger partial charge in [0.05, 0.1) is 6.10 Å². The quantitative estimate of drug-likeness (QED) is 0.858. The second-order valence-corrected chi connectivity index (χ2v) is 7.34. The Labute approximate surface area is 143 Å². The molecule has 3 aliphatic rings. The number of piperidine rings is 2. The summed E-state index contributed by atoms with van der Waals surface area (Å²) in [5, 5.41) is 13.0. The summed E-state index contributed by atoms with van der Waals surface area (Å²) in [6, 6.07) is 8.64. The number of carbonyl (C=O) groups excluding carboxylic acids is 1. The molecule has 2 saturated heterocycles. The SMILES string of the molecule is O=C(C1NCc2ccccc21)N1CCC(N2CCC(O)CC2)CC1. The molecule has 24 heavy (non-hydrogen) atoms. The van der Waals surface area contributed by atoms with E-state index in [1.807, 2.05) is 17.0 Å². The lowest BCUT2D eigenvalue weighted by Crippen LogP contribution is -2.50. The predicted octanol–water partition coefficient (Wildman–Crippen LogP) is 1.28. The smallest absolute Gasteiger partial charge is 0.244 e. The summed E-state index contributed by atoms with van der Waals surface area (Å²) in [7, 11) is 0. The van der Waals surface area contributed by atoms with Gasteiger partial charge in [-0.1, -0.05) is 24.3 Å². The average molecular weight is 329 g/mol. The van der Waals surface area contributed by atoms with Gasteiger partial charge in [0, 0.05) is 38.8 Å². The number of carbonyl (C=O) groups is 1. The molecule has 0 spiro atoms. The Balaban J connectivity index is 1.34. The van der Waals surface area contributed by atoms with Crippen LogP contribution in [-0.2, 0) is 11.3 Å². The van der Waals surface area contributed by atoms with Crippen molar-refractivity contribution >= 4 is 5.91 Å². The molecule has 130 valence electrons. The zero-order valence-corrected chi connectivity index (χ0v) is 14.2. The molecule has 4 rings (SSSR count). The van der Waals surface area contributed by atoms with Crippen molar-refractivity contribution in [1.29, 1.82) is 0 Å². The van der Waals surface area contributed by atoms with Crippen LogP contribution in [-0.4, -0.2) is 59.1 Å². The van der Waals surface area contributed by atoms with E-state index in [0.717, 1.165) is 64.0 Å². The van der Waals surface area contributed by atoms with Crippen LogP contribution < -0.4 is 5.32 Å². The summed E-state index contributed by atoms with van der Waals surface area (Å²) in [6.07, 6.45) is 3.77. The Morgan fingerprint density at radius 3 is 2.50 bits per heavy atom. The third-order valence-electron chi connectivity index (χ3n) is 5.90. The van der Waals surface area contributed by atoms with Crippen molar-refractivity contribution in [1.82, 2.24) is 15.1 Å². The topological polar surface area (TPSA) is 55.8 Å². The summed E-state index contributed by atoms with van der Waals surface area (Å²) >= 11 is 0. The van der Waals surface area contributed by atoms with Gasteiger partial charge < -0.3 is 14.9 Å². The first-order valence-corrected chi connectivity index (χ1v) is 9.24. The lowest BCUT2D eigenvalue weighted by Gasteiger charge is -2.41. The van der Waals surface area contributed by atoms with Crippen LogP contribution in [0, 0.1) is 0 Å². The highest BCUT2D eigenvalue weighted by atomic mass is 16.3. The van der Waals surface area contributed by atoms with E-state index in [9.17, 15) is 9.90 Å². The van der Waals surface area contributed by atoms with Gasteiger partial charge >= 0.3 is 0 Å². The first-order valence-electron chi connectivity index (χ1n) is 9.24. The second-order valence-electron chi connectivity index (χ2n) is 7.34. The Morgan fingerprint density at radius 1 is 1.04 bits per heavy atom. The van der Waals surface area contributed by atoms with E-state index in [1.54, 1.807) is 0 Å². The Kier molecular flexibility index (Phi) is 4.57. The number of nitrogens with zero attached hydrogens (tertiary/aromatic N) is 2. The predicted molar refractivity (Wildman–Crippen MR) is 92.4 cm³/mol. The monoisotopic (exact) mass is 329 g/mol. The van der Waals surface area contributed by atoms with E-state index in [-0.39, 0.29) is 18.1 Å². The molecule has 3 heterocycles. The summed E-state index contributed by atoms with van der Waals surface area (Å²) in [4.78, 5) is 17.5. The van der Waals surface area contributed by atoms with Crippen LogP contribution in [0.3, 0.4) is 0 Å². The molecule has 1 aromatic carbocycles. The zero-order chi connectivity index (χ0) is 16.5. The van der Waals surface area contributed by atoms with Crippen molar-refractivity contribution in [2.45, 2.75) is 50.4 Å². The summed E-state index contributed by atoms with van der Waals surface area (Å²) in [5.41, 5.74) is 2.40. The first kappa shape index (κ1) is 16.1. The third kappa shape index (κ3) is 3.08. The van der Waals surface area contributed by atoms with E-state index in [0.29, 0.717) is 6.04 Å². The van der Waals surface area contributed by atoms with Crippen LogP contribution in [0.25, 0.3) is 0 Å². The minimum atomic E-state index is -0.164. The molecule has 2 N–H and O–H groups in total. The summed E-state index contributed by atoms with van der Waals surface area (Å²) in [6.45, 7) is 4.49. The van der Waals surface area contributed by atoms with Crippen LogP contribution in [0.1, 0.15) is 42.9 Å². The van der Waals surface area contributed by atoms with Crippen molar-refractivity contribution in [3.8, 4) is 0 Å². The lowest BCUT2D eigenvalue weighted by atomic mass is 9.97. The average Bonchev–Trinajstić information content (AvgIpc) is 3.06. The van der Waals surface area contributed by atoms with Gasteiger partial charge in [0.15, 0.2) is 0 Å². The number of benzene rings is 1. The van der Waals surface area contributed by atoms with Gasteiger partial charge in [0.1, 0.15) is 6.04 Å². The molecule has 2 fully saturated rings. The molecule has 1 aromatic rings. The normalized spacial score (nSPS) is 26.5. The Bertz CT molecular complexity index is 590. The maximum absolute atomic E-state index is 12.9. The highest BCUT2D eigenvalue weighted by molar-refractivity contribution is 5.84. The fourth-order valence-electron chi connectivity index (χ4n) is 4.40. The number of hydrogen-bond acceptors (Lipinski definition) is 4. The minimum absolute atomic E-state index is 0.114. The molecule has 5 heteroatoms. The first-order chi connectivity index (χ1) is 11.7. The molecule has 5 nitrogen and oxygen atoms in total. The number of nitrogens with one attached hydrogen (secondary N) is 1. The maximum atomic E-state index is 12.9. The highest BCUT2D eigenvalue weighted by Crippen LogP contribution is 2.28. The van der Waals surface area contributed by atoms with Crippen molar-refractivity contribution in [3.05, 3.63) is 35.4 Å². The molecule has 3 aliphatic heterocycles. The summed E-state index contributed by atoms with van der Waals surface area (Å²) < 4.78 is 0. The van der Waals surface area contributed by atoms with Crippen LogP contribution >= 0.6 is 0 Å². The Hall–Kier alpha value is -1.43. The molecule has 1 amide bonds. The van der Waals surface area contributed by atoms with Crippen molar-refractivity contribution in [2.75, 3.05) is 26.2 Å². The van der Waals surface area contributed by atoms with Crippen molar-refractivity contribution in [3.63, 3.8) is 0 Å². The van der Waals surface area contributed by atoms with Crippen LogP contribution in [0.4, 0.5) is 0 Å². The number of likely N-dealkylation sites (tertiary alicyclic amines) is 2. The molecule has 1 atom stereocenters. The lowest BCUT2D eigenvalue weighted by molar-refractivity contribution is -0.135. The minimum Gasteiger partial charge on any atom is -0.393 e. The number of fused-ring (bicyclic) bond motifs is 1. The molecule has 0 bridgehead atoms. The van der Waals surface area contributed by atoms with Gasteiger partial charge in [-0.2, -0.15) is 0 Å². The fourth-order valence-corrected chi connectivity index (χ4v) is 4.40. The van der Waals surface area contributed by atoms with Gasteiger partial charge in [0.2, 0.25) is 5.91 Å². The molecule has 1 unspecified atom stereocenters. The van der Waals surface area contributed by atoms with Gasteiger partial charge in [-0.15, -0.1) is 0 Å². The zero-order valence-electron chi connectivity index (χ0n) is 14.2. The Morgan fingerprint density at radius 2 is 1.75 bits per heavy atom. The van der Waals surface area contributed by atoms with E-state index in [1.165, 1.54) is 5.56 Å². The number of amides is 1. The third-order valence-corrected chi connectivity index (χ3v) is 5.90. The van der Waals surface area contributed by atoms with Crippen LogP contribution in [0.5, 0.6) is 0 Å². The molecule has 0 aliphatic carbocycles. The molecular formula is C19H27N3O2. The van der Waals surface area contributed by atoms with Crippen molar-refractivity contribution in [2.24, 2.45) is 0 Å². The maximum Gasteiger partial charge on any atom is 0.244 e. The highest BCUT2D eigenvalue weighted by Gasteiger charge is 2.34. The molecule has 0 radical (unpaired) electrons. The number of aliphatic hydroxyl groups excluding tert-OH is 1. The number of hydrogen-bond donors (Lipinski definition) is 2. The van der Waals surface area contributed by atoms with Gasteiger partial charge in [-0.25, -0.2) is 0 Å². The number of rotatable bonds is 2. The molecule has 0 saturated carbocycles. The largest absolute Gasteiger partial charge is 0.393 e. The van der Waals surface area contributed by atoms with Gasteiger partial charge in [-0.05, 0) is 36.8 Å². The van der Waals surface area contributed by atoms with E-state index in [4.69, 9.17) is 0 Å². The van der Waals surface area contributed by atoms with Crippen LogP contribution in [0.15, 0.2) is 24.3 Å². The van der Waals surface area contributed by atoms with Crippen molar-refractivity contribution < 1.29 is 9.90 Å². The standard InChI is InChI=1S/C19H27N3O2/c23-16-7-11-21(12-8-16)15-5-9-22(10-6-15)19(24)18-17-4-2-1-3-14(17)13-20-18/h1-4,15-16,18,20,23H,5-13H2. The fraction of sp³-hybridized carbons (Fsp3) is 0.632. The molecular weight excluding hydrogens is 302 g/mol. The van der Waals surface area contributed by atoms with Gasteiger partial charge in [-0.3, -0.25) is 10.1 Å². The summed E-state index contributed by atoms with van der Waals surface area (Å²) in [5.74, 6) is 0.229. The second kappa shape index (κ2) is 6.82. The van der Waals surface area contributed by atoms with E-state index >= 15 is 0 Å². The van der Waals surface area contributed by atoms with Gasteiger partial charge in [0.25, 0.3) is 0 Å². The molecule has 0 aromatic heterocycles.